The van der Waals surface area contributed by atoms with Crippen molar-refractivity contribution in [3.63, 3.8) is 0 Å². The average Bonchev–Trinajstić information content (AvgIpc) is 3.57. The van der Waals surface area contributed by atoms with Crippen LogP contribution in [0.2, 0.25) is 0 Å². The number of benzene rings is 3. The maximum absolute atomic E-state index is 14.1. The zero-order valence-electron chi connectivity index (χ0n) is 28.5. The highest BCUT2D eigenvalue weighted by Crippen LogP contribution is 2.56. The Kier molecular flexibility index (Phi) is 8.94. The SMILES string of the molecule is O=C(O)CC1(O)C(=O)O[C@H]2[C@@H]3OC(=O)c4cc(O)c(O)c(O)c4-c4c(cc(O)c(O)c4O)C(=O)OC[C@@H](O3)[C@@H](OC(=O)c3cc(O)c(O)c4c3[C@@H]1[C@H](C(=O)O)O4)[C@@H]2O. The fraction of sp³-hybridized carbons (Fsp3) is 0.294. The maximum Gasteiger partial charge on any atom is 0.345 e. The van der Waals surface area contributed by atoms with Gasteiger partial charge < -0.3 is 89.7 Å². The van der Waals surface area contributed by atoms with Crippen molar-refractivity contribution in [2.24, 2.45) is 0 Å². The van der Waals surface area contributed by atoms with Crippen molar-refractivity contribution in [1.29, 1.82) is 0 Å². The van der Waals surface area contributed by atoms with Gasteiger partial charge in [0.15, 0.2) is 52.3 Å². The van der Waals surface area contributed by atoms with Crippen molar-refractivity contribution in [2.45, 2.75) is 54.7 Å². The molecule has 1 saturated heterocycles. The van der Waals surface area contributed by atoms with Crippen LogP contribution < -0.4 is 4.74 Å². The van der Waals surface area contributed by atoms with Crippen molar-refractivity contribution in [2.75, 3.05) is 6.61 Å². The highest BCUT2D eigenvalue weighted by Gasteiger charge is 2.62. The Morgan fingerprint density at radius 3 is 1.78 bits per heavy atom. The third-order valence-electron chi connectivity index (χ3n) is 9.79. The molecule has 0 radical (unpaired) electrons. The molecule has 24 heteroatoms. The lowest BCUT2D eigenvalue weighted by atomic mass is 9.75. The predicted octanol–water partition coefficient (Wildman–Crippen LogP) is -1.30. The minimum atomic E-state index is -3.64. The van der Waals surface area contributed by atoms with E-state index in [9.17, 15) is 90.0 Å². The van der Waals surface area contributed by atoms with Crippen molar-refractivity contribution >= 4 is 35.8 Å². The molecule has 3 aromatic carbocycles. The molecule has 3 aromatic rings. The second-order valence-corrected chi connectivity index (χ2v) is 13.2. The number of carboxylic acids is 2. The summed E-state index contributed by atoms with van der Waals surface area (Å²) < 4.78 is 32.3. The fourth-order valence-electron chi connectivity index (χ4n) is 7.14. The summed E-state index contributed by atoms with van der Waals surface area (Å²) >= 11 is 0. The first-order valence-electron chi connectivity index (χ1n) is 16.3. The molecule has 12 N–H and O–H groups in total. The predicted molar refractivity (Wildman–Crippen MR) is 173 cm³/mol. The van der Waals surface area contributed by atoms with Crippen LogP contribution in [0.5, 0.6) is 51.7 Å². The van der Waals surface area contributed by atoms with Gasteiger partial charge in [-0.25, -0.2) is 24.0 Å². The number of ether oxygens (including phenoxy) is 6. The van der Waals surface area contributed by atoms with Gasteiger partial charge in [-0.2, -0.15) is 0 Å². The standard InChI is InChI=1S/C34H26O24/c35-9-1-6-14(21(43)18(9)40)15-7(2-10(36)19(41)22(15)44)31(50)58-32-27-23(45)24(12(54-32)5-53-29(6)48)56-30(49)8-3-11(37)20(42)25-16(8)17(26(55-25)28(46)47)34(52,4-13(38)39)33(51)57-27/h1-3,12,17,23-24,26-27,32,35-37,40-45,52H,4-5H2,(H,38,39)(H,46,47)/t12-,17-,23+,24-,26-,27-,32+,34?/m1/s1. The number of esters is 4. The third kappa shape index (κ3) is 5.72. The lowest BCUT2D eigenvalue weighted by molar-refractivity contribution is -0.292. The van der Waals surface area contributed by atoms with E-state index in [-0.39, 0.29) is 0 Å². The number of rotatable bonds is 3. The van der Waals surface area contributed by atoms with E-state index in [1.165, 1.54) is 0 Å². The van der Waals surface area contributed by atoms with Crippen LogP contribution in [0.4, 0.5) is 0 Å². The Morgan fingerprint density at radius 2 is 1.21 bits per heavy atom. The van der Waals surface area contributed by atoms with Crippen LogP contribution in [0.3, 0.4) is 0 Å². The van der Waals surface area contributed by atoms with Crippen LogP contribution in [-0.4, -0.2) is 146 Å². The lowest BCUT2D eigenvalue weighted by Gasteiger charge is -2.43. The molecule has 0 aromatic heterocycles. The fourth-order valence-corrected chi connectivity index (χ4v) is 7.14. The number of phenolic OH excluding ortho intramolecular Hbond substituents is 8. The molecule has 7 rings (SSSR count). The first kappa shape index (κ1) is 38.8. The van der Waals surface area contributed by atoms with Crippen LogP contribution in [0.15, 0.2) is 18.2 Å². The Labute approximate surface area is 319 Å². The smallest absolute Gasteiger partial charge is 0.345 e. The molecule has 0 spiro atoms. The molecule has 0 saturated carbocycles. The van der Waals surface area contributed by atoms with E-state index in [2.05, 4.69) is 0 Å². The Hall–Kier alpha value is -7.44. The van der Waals surface area contributed by atoms with E-state index in [0.29, 0.717) is 18.2 Å². The van der Waals surface area contributed by atoms with Crippen LogP contribution >= 0.6 is 0 Å². The summed E-state index contributed by atoms with van der Waals surface area (Å²) in [6, 6.07) is 1.35. The van der Waals surface area contributed by atoms with Gasteiger partial charge in [0.25, 0.3) is 0 Å². The van der Waals surface area contributed by atoms with Crippen LogP contribution in [0.25, 0.3) is 11.1 Å². The maximum atomic E-state index is 14.1. The average molecular weight is 819 g/mol. The largest absolute Gasteiger partial charge is 0.504 e. The molecule has 4 aliphatic heterocycles. The number of carbonyl (C=O) groups is 6. The number of aromatic hydroxyl groups is 8. The second-order valence-electron chi connectivity index (χ2n) is 13.2. The lowest BCUT2D eigenvalue weighted by Crippen LogP contribution is -2.63. The number of carbonyl (C=O) groups excluding carboxylic acids is 4. The molecule has 4 heterocycles. The number of carboxylic acid groups (broad SMARTS) is 2. The Morgan fingerprint density at radius 1 is 0.672 bits per heavy atom. The third-order valence-corrected chi connectivity index (χ3v) is 9.79. The van der Waals surface area contributed by atoms with E-state index in [4.69, 9.17) is 28.4 Å². The molecular weight excluding hydrogens is 792 g/mol. The van der Waals surface area contributed by atoms with Gasteiger partial charge >= 0.3 is 35.8 Å². The van der Waals surface area contributed by atoms with E-state index < -0.39 is 182 Å². The van der Waals surface area contributed by atoms with Crippen LogP contribution in [0, 0.1) is 0 Å². The van der Waals surface area contributed by atoms with Gasteiger partial charge in [0.05, 0.1) is 29.0 Å². The number of aliphatic hydroxyl groups excluding tert-OH is 1. The molecule has 0 aliphatic carbocycles. The van der Waals surface area contributed by atoms with E-state index in [1.807, 2.05) is 0 Å². The first-order valence-corrected chi connectivity index (χ1v) is 16.3. The van der Waals surface area contributed by atoms with E-state index >= 15 is 0 Å². The monoisotopic (exact) mass is 818 g/mol. The van der Waals surface area contributed by atoms with Crippen molar-refractivity contribution in [3.8, 4) is 62.9 Å². The molecule has 306 valence electrons. The Balaban J connectivity index is 1.45. The molecule has 58 heavy (non-hydrogen) atoms. The van der Waals surface area contributed by atoms with Gasteiger partial charge in [-0.15, -0.1) is 0 Å². The second kappa shape index (κ2) is 13.4. The minimum Gasteiger partial charge on any atom is -0.504 e. The molecular formula is C34H26O24. The van der Waals surface area contributed by atoms with E-state index in [1.54, 1.807) is 0 Å². The molecule has 24 nitrogen and oxygen atoms in total. The first-order chi connectivity index (χ1) is 27.2. The number of fused-ring (bicyclic) bond motifs is 9. The van der Waals surface area contributed by atoms with Crippen molar-refractivity contribution < 1.29 is 118 Å². The van der Waals surface area contributed by atoms with Gasteiger partial charge in [-0.3, -0.25) is 4.79 Å². The highest BCUT2D eigenvalue weighted by atomic mass is 16.7. The summed E-state index contributed by atoms with van der Waals surface area (Å²) in [5, 5.41) is 128. The van der Waals surface area contributed by atoms with Crippen LogP contribution in [-0.2, 0) is 38.1 Å². The van der Waals surface area contributed by atoms with Crippen LogP contribution in [0.1, 0.15) is 49.0 Å². The zero-order chi connectivity index (χ0) is 42.4. The van der Waals surface area contributed by atoms with Gasteiger partial charge in [-0.1, -0.05) is 0 Å². The normalized spacial score (nSPS) is 27.6. The molecule has 1 unspecified atom stereocenters. The van der Waals surface area contributed by atoms with Gasteiger partial charge in [-0.05, 0) is 18.2 Å². The zero-order valence-corrected chi connectivity index (χ0v) is 28.5. The Bertz CT molecular complexity index is 2370. The summed E-state index contributed by atoms with van der Waals surface area (Å²) in [5.41, 5.74) is -9.64. The minimum absolute atomic E-state index is 0.402. The summed E-state index contributed by atoms with van der Waals surface area (Å²) in [6.07, 6.45) is -16.1. The van der Waals surface area contributed by atoms with Crippen molar-refractivity contribution in [3.05, 3.63) is 40.5 Å². The summed E-state index contributed by atoms with van der Waals surface area (Å²) in [5.74, 6) is -25.1. The molecule has 4 aliphatic rings. The summed E-state index contributed by atoms with van der Waals surface area (Å²) in [6.45, 7) is -1.17. The molecule has 4 bridgehead atoms. The number of hydrogen-bond acceptors (Lipinski definition) is 22. The van der Waals surface area contributed by atoms with Crippen molar-refractivity contribution in [1.82, 2.24) is 0 Å². The number of cyclic esters (lactones) is 1. The number of phenols is 8. The topological polar surface area (TPSA) is 401 Å². The molecule has 8 atom stereocenters. The van der Waals surface area contributed by atoms with Gasteiger partial charge in [0.1, 0.15) is 18.8 Å². The quantitative estimate of drug-likeness (QED) is 0.0829. The highest BCUT2D eigenvalue weighted by molar-refractivity contribution is 6.08. The molecule has 1 fully saturated rings. The number of hydrogen-bond donors (Lipinski definition) is 12. The van der Waals surface area contributed by atoms with Gasteiger partial charge in [0.2, 0.25) is 29.6 Å². The number of aliphatic hydroxyl groups is 2. The van der Waals surface area contributed by atoms with Gasteiger partial charge in [0, 0.05) is 16.7 Å². The number of aliphatic carboxylic acids is 2. The molecule has 0 amide bonds. The summed E-state index contributed by atoms with van der Waals surface area (Å²) in [4.78, 5) is 80.3. The summed E-state index contributed by atoms with van der Waals surface area (Å²) in [7, 11) is 0. The van der Waals surface area contributed by atoms with E-state index in [0.717, 1.165) is 0 Å².